The van der Waals surface area contributed by atoms with E-state index in [4.69, 9.17) is 9.59 Å². The van der Waals surface area contributed by atoms with Gasteiger partial charge in [-0.25, -0.2) is 0 Å². The van der Waals surface area contributed by atoms with E-state index in [1.807, 2.05) is 0 Å². The van der Waals surface area contributed by atoms with E-state index in [0.29, 0.717) is 0 Å². The first-order valence-corrected chi connectivity index (χ1v) is 0.408. The van der Waals surface area contributed by atoms with Gasteiger partial charge in [-0.2, -0.15) is 9.59 Å². The molecule has 0 unspecified atom stereocenters. The Balaban J connectivity index is -0.00000000667. The summed E-state index contributed by atoms with van der Waals surface area (Å²) in [5.74, 6) is 0. The molecule has 32 valence electrons. The Hall–Kier alpha value is 0.630. The van der Waals surface area contributed by atoms with Gasteiger partial charge in [0.05, 0.1) is 0 Å². The molecule has 5 heteroatoms. The molecule has 0 aromatic rings. The summed E-state index contributed by atoms with van der Waals surface area (Å²) in [6.07, 6.45) is 0.250. The van der Waals surface area contributed by atoms with Crippen molar-refractivity contribution in [1.29, 1.82) is 0 Å². The quantitative estimate of drug-likeness (QED) is 0.298. The molecule has 0 aromatic carbocycles. The fourth-order valence-corrected chi connectivity index (χ4v) is 0. The van der Waals surface area contributed by atoms with Crippen molar-refractivity contribution in [2.75, 3.05) is 0 Å². The van der Waals surface area contributed by atoms with Gasteiger partial charge in [-0.05, 0) is 0 Å². The molecule has 0 aromatic heterocycles. The zero-order valence-corrected chi connectivity index (χ0v) is 5.95. The summed E-state index contributed by atoms with van der Waals surface area (Å²) in [7, 11) is 0. The Kier molecular flexibility index (Phi) is 230. The number of rotatable bonds is 0. The Morgan fingerprint density at radius 3 is 1.17 bits per heavy atom. The zero-order valence-electron chi connectivity index (χ0n) is 3.19. The molecule has 0 aliphatic rings. The van der Waals surface area contributed by atoms with Crippen molar-refractivity contribution in [3.63, 3.8) is 0 Å². The fraction of sp³-hybridized carbons (Fsp3) is 0. The van der Waals surface area contributed by atoms with Crippen molar-refractivity contribution >= 4 is 6.15 Å². The SMILES string of the molecule is O.O=C=O.[Cl-].[Na+]. The minimum Gasteiger partial charge on any atom is -1.00 e. The van der Waals surface area contributed by atoms with Crippen LogP contribution in [0.3, 0.4) is 0 Å². The number of hydrogen-bond donors (Lipinski definition) is 0. The maximum Gasteiger partial charge on any atom is 1.00 e. The second-order valence-corrected chi connectivity index (χ2v) is 0.0833. The van der Waals surface area contributed by atoms with Crippen molar-refractivity contribution in [2.24, 2.45) is 0 Å². The van der Waals surface area contributed by atoms with Gasteiger partial charge in [0.1, 0.15) is 0 Å². The van der Waals surface area contributed by atoms with Crippen molar-refractivity contribution in [2.45, 2.75) is 0 Å². The molecule has 0 rings (SSSR count). The van der Waals surface area contributed by atoms with Gasteiger partial charge in [0, 0.05) is 0 Å². The molecular weight excluding hydrogens is 118 g/mol. The molecule has 0 radical (unpaired) electrons. The maximum atomic E-state index is 8.12. The smallest absolute Gasteiger partial charge is 1.00 e. The summed E-state index contributed by atoms with van der Waals surface area (Å²) in [6, 6.07) is 0. The standard InChI is InChI=1S/CO2.ClH.Na.H2O/c2-1-3;;;/h;1H;;1H2/q;;+1;/p-1. The van der Waals surface area contributed by atoms with Gasteiger partial charge in [0.25, 0.3) is 0 Å². The van der Waals surface area contributed by atoms with E-state index in [1.165, 1.54) is 0 Å². The number of halogens is 1. The molecule has 3 nitrogen and oxygen atoms in total. The third kappa shape index (κ3) is 154. The minimum absolute atomic E-state index is 0. The van der Waals surface area contributed by atoms with Gasteiger partial charge in [0.15, 0.2) is 0 Å². The van der Waals surface area contributed by atoms with E-state index in [9.17, 15) is 0 Å². The first-order valence-electron chi connectivity index (χ1n) is 0.408. The first kappa shape index (κ1) is 30.4. The van der Waals surface area contributed by atoms with Crippen LogP contribution >= 0.6 is 0 Å². The molecule has 0 fully saturated rings. The largest absolute Gasteiger partial charge is 1.00 e. The van der Waals surface area contributed by atoms with Crippen LogP contribution in [0, 0.1) is 0 Å². The van der Waals surface area contributed by atoms with Crippen molar-refractivity contribution in [3.05, 3.63) is 0 Å². The van der Waals surface area contributed by atoms with Gasteiger partial charge in [0.2, 0.25) is 0 Å². The summed E-state index contributed by atoms with van der Waals surface area (Å²) in [5.41, 5.74) is 0. The van der Waals surface area contributed by atoms with E-state index >= 15 is 0 Å². The van der Waals surface area contributed by atoms with Crippen LogP contribution in [0.2, 0.25) is 0 Å². The molecule has 0 heterocycles. The molecule has 6 heavy (non-hydrogen) atoms. The van der Waals surface area contributed by atoms with Gasteiger partial charge in [-0.3, -0.25) is 0 Å². The normalized spacial score (nSPS) is 1.33. The number of hydrogen-bond acceptors (Lipinski definition) is 2. The van der Waals surface area contributed by atoms with Crippen LogP contribution in [0.4, 0.5) is 0 Å². The van der Waals surface area contributed by atoms with E-state index < -0.39 is 0 Å². The summed E-state index contributed by atoms with van der Waals surface area (Å²) in [5, 5.41) is 0. The van der Waals surface area contributed by atoms with Crippen molar-refractivity contribution in [3.8, 4) is 0 Å². The fourth-order valence-electron chi connectivity index (χ4n) is 0. The molecule has 0 aliphatic heterocycles. The van der Waals surface area contributed by atoms with Crippen molar-refractivity contribution < 1.29 is 57.0 Å². The van der Waals surface area contributed by atoms with Gasteiger partial charge in [-0.15, -0.1) is 0 Å². The second-order valence-electron chi connectivity index (χ2n) is 0.0833. The average molecular weight is 120 g/mol. The van der Waals surface area contributed by atoms with Crippen LogP contribution < -0.4 is 42.0 Å². The summed E-state index contributed by atoms with van der Waals surface area (Å²) in [4.78, 5) is 16.2. The average Bonchev–Trinajstić information content (AvgIpc) is 0.918. The predicted octanol–water partition coefficient (Wildman–Crippen LogP) is -7.40. The minimum atomic E-state index is 0. The topological polar surface area (TPSA) is 65.6 Å². The van der Waals surface area contributed by atoms with E-state index in [1.54, 1.807) is 0 Å². The molecule has 0 amide bonds. The Morgan fingerprint density at radius 1 is 1.17 bits per heavy atom. The van der Waals surface area contributed by atoms with Crippen LogP contribution in [0.15, 0.2) is 0 Å². The van der Waals surface area contributed by atoms with Crippen LogP contribution in [0.1, 0.15) is 0 Å². The molecule has 0 bridgehead atoms. The van der Waals surface area contributed by atoms with Crippen molar-refractivity contribution in [1.82, 2.24) is 0 Å². The molecule has 0 saturated heterocycles. The second kappa shape index (κ2) is 45.4. The van der Waals surface area contributed by atoms with E-state index in [-0.39, 0.29) is 53.6 Å². The predicted molar refractivity (Wildman–Crippen MR) is 8.62 cm³/mol. The Labute approximate surface area is 63.1 Å². The maximum absolute atomic E-state index is 8.12. The van der Waals surface area contributed by atoms with Crippen LogP contribution in [-0.2, 0) is 9.59 Å². The van der Waals surface area contributed by atoms with Crippen LogP contribution in [-0.4, -0.2) is 11.6 Å². The van der Waals surface area contributed by atoms with Crippen LogP contribution in [0.5, 0.6) is 0 Å². The van der Waals surface area contributed by atoms with Crippen LogP contribution in [0.25, 0.3) is 0 Å². The van der Waals surface area contributed by atoms with Gasteiger partial charge in [-0.1, -0.05) is 0 Å². The third-order valence-corrected chi connectivity index (χ3v) is 0. The summed E-state index contributed by atoms with van der Waals surface area (Å²) in [6.45, 7) is 0. The van der Waals surface area contributed by atoms with E-state index in [0.717, 1.165) is 0 Å². The molecule has 0 atom stereocenters. The zero-order chi connectivity index (χ0) is 2.71. The Bertz CT molecular complexity index is 31.8. The van der Waals surface area contributed by atoms with Gasteiger partial charge >= 0.3 is 35.7 Å². The molecule has 0 spiro atoms. The number of carbonyl (C=O) groups excluding carboxylic acids is 2. The summed E-state index contributed by atoms with van der Waals surface area (Å²) >= 11 is 0. The monoisotopic (exact) mass is 120 g/mol. The molecule has 2 N–H and O–H groups in total. The molecule has 0 aliphatic carbocycles. The van der Waals surface area contributed by atoms with Gasteiger partial charge < -0.3 is 17.9 Å². The molecule has 0 saturated carbocycles. The van der Waals surface area contributed by atoms with E-state index in [2.05, 4.69) is 0 Å². The summed E-state index contributed by atoms with van der Waals surface area (Å²) < 4.78 is 0. The first-order chi connectivity index (χ1) is 1.41. The molecular formula is CH2ClNaO3. The third-order valence-electron chi connectivity index (χ3n) is 0. The Morgan fingerprint density at radius 2 is 1.17 bits per heavy atom.